The number of sulfonamides is 1. The van der Waals surface area contributed by atoms with Crippen molar-refractivity contribution < 1.29 is 21.6 Å². The minimum atomic E-state index is -3.62. The maximum Gasteiger partial charge on any atom is 0.355 e. The Hall–Kier alpha value is -2.30. The van der Waals surface area contributed by atoms with E-state index in [2.05, 4.69) is 9.82 Å². The average Bonchev–Trinajstić information content (AvgIpc) is 2.75. The Kier molecular flexibility index (Phi) is 4.50. The SMILES string of the molecule is CCS(=O)(=O)Nc1ccc(F)c(-n2nc(C)n(C(F)F)c2=O)c1. The highest BCUT2D eigenvalue weighted by Crippen LogP contribution is 2.19. The molecule has 0 atom stereocenters. The molecule has 0 bridgehead atoms. The highest BCUT2D eigenvalue weighted by Gasteiger charge is 2.20. The Balaban J connectivity index is 2.57. The second kappa shape index (κ2) is 6.07. The molecule has 2 rings (SSSR count). The van der Waals surface area contributed by atoms with E-state index in [1.165, 1.54) is 13.8 Å². The maximum absolute atomic E-state index is 13.9. The Morgan fingerprint density at radius 2 is 2.00 bits per heavy atom. The van der Waals surface area contributed by atoms with Gasteiger partial charge in [0.2, 0.25) is 10.0 Å². The summed E-state index contributed by atoms with van der Waals surface area (Å²) < 4.78 is 65.3. The van der Waals surface area contributed by atoms with Gasteiger partial charge in [-0.15, -0.1) is 5.10 Å². The van der Waals surface area contributed by atoms with E-state index in [1.54, 1.807) is 0 Å². The average molecular weight is 350 g/mol. The second-order valence-corrected chi connectivity index (χ2v) is 6.57. The Bertz CT molecular complexity index is 889. The number of alkyl halides is 2. The number of benzene rings is 1. The summed E-state index contributed by atoms with van der Waals surface area (Å²) in [6.45, 7) is -0.544. The Labute approximate surface area is 129 Å². The summed E-state index contributed by atoms with van der Waals surface area (Å²) in [4.78, 5) is 11.9. The first-order chi connectivity index (χ1) is 10.7. The van der Waals surface area contributed by atoms with Crippen molar-refractivity contribution in [1.29, 1.82) is 0 Å². The topological polar surface area (TPSA) is 86.0 Å². The molecule has 1 aromatic carbocycles. The van der Waals surface area contributed by atoms with Gasteiger partial charge < -0.3 is 0 Å². The van der Waals surface area contributed by atoms with Crippen molar-refractivity contribution >= 4 is 15.7 Å². The van der Waals surface area contributed by atoms with E-state index in [4.69, 9.17) is 0 Å². The van der Waals surface area contributed by atoms with Crippen molar-refractivity contribution in [1.82, 2.24) is 14.3 Å². The van der Waals surface area contributed by atoms with Crippen LogP contribution in [0.25, 0.3) is 5.69 Å². The second-order valence-electron chi connectivity index (χ2n) is 4.56. The first kappa shape index (κ1) is 17.1. The van der Waals surface area contributed by atoms with Gasteiger partial charge in [0.1, 0.15) is 17.3 Å². The standard InChI is InChI=1S/C12H13F3N4O3S/c1-3-23(21,22)17-8-4-5-9(13)10(6-8)19-12(20)18(11(14)15)7(2)16-19/h4-6,11,17H,3H2,1-2H3. The number of aromatic nitrogens is 3. The van der Waals surface area contributed by atoms with Gasteiger partial charge >= 0.3 is 12.2 Å². The van der Waals surface area contributed by atoms with Crippen LogP contribution in [-0.2, 0) is 10.0 Å². The van der Waals surface area contributed by atoms with Crippen LogP contribution < -0.4 is 10.4 Å². The number of nitrogens with one attached hydrogen (secondary N) is 1. The molecule has 11 heteroatoms. The smallest absolute Gasteiger partial charge is 0.283 e. The summed E-state index contributed by atoms with van der Waals surface area (Å²) in [5, 5.41) is 3.59. The molecule has 0 aliphatic rings. The van der Waals surface area contributed by atoms with Gasteiger partial charge in [-0.05, 0) is 32.0 Å². The summed E-state index contributed by atoms with van der Waals surface area (Å²) >= 11 is 0. The molecule has 0 aliphatic carbocycles. The van der Waals surface area contributed by atoms with E-state index in [0.29, 0.717) is 4.68 Å². The normalized spacial score (nSPS) is 11.9. The third-order valence-corrected chi connectivity index (χ3v) is 4.31. The minimum Gasteiger partial charge on any atom is -0.283 e. The van der Waals surface area contributed by atoms with Crippen LogP contribution in [0, 0.1) is 12.7 Å². The van der Waals surface area contributed by atoms with Gasteiger partial charge in [-0.2, -0.15) is 13.5 Å². The van der Waals surface area contributed by atoms with Crippen LogP contribution in [0.5, 0.6) is 0 Å². The van der Waals surface area contributed by atoms with Crippen molar-refractivity contribution in [3.63, 3.8) is 0 Å². The van der Waals surface area contributed by atoms with Crippen LogP contribution in [0.1, 0.15) is 19.3 Å². The molecule has 23 heavy (non-hydrogen) atoms. The molecule has 2 aromatic rings. The van der Waals surface area contributed by atoms with Crippen molar-refractivity contribution in [2.45, 2.75) is 20.4 Å². The zero-order valence-corrected chi connectivity index (χ0v) is 12.9. The number of anilines is 1. The molecule has 0 radical (unpaired) electrons. The minimum absolute atomic E-state index is 0.0144. The summed E-state index contributed by atoms with van der Waals surface area (Å²) in [5.41, 5.74) is -1.68. The number of hydrogen-bond donors (Lipinski definition) is 1. The molecular formula is C12H13F3N4O3S. The van der Waals surface area contributed by atoms with Crippen LogP contribution in [0.4, 0.5) is 18.9 Å². The molecule has 7 nitrogen and oxygen atoms in total. The van der Waals surface area contributed by atoms with Crippen LogP contribution in [0.15, 0.2) is 23.0 Å². The maximum atomic E-state index is 13.9. The fourth-order valence-corrected chi connectivity index (χ4v) is 2.48. The lowest BCUT2D eigenvalue weighted by molar-refractivity contribution is 0.0640. The third kappa shape index (κ3) is 3.38. The number of hydrogen-bond acceptors (Lipinski definition) is 4. The van der Waals surface area contributed by atoms with Crippen LogP contribution in [0.3, 0.4) is 0 Å². The molecule has 0 amide bonds. The molecule has 1 heterocycles. The quantitative estimate of drug-likeness (QED) is 0.888. The van der Waals surface area contributed by atoms with Gasteiger partial charge in [-0.3, -0.25) is 4.72 Å². The summed E-state index contributed by atoms with van der Waals surface area (Å²) in [7, 11) is -3.62. The lowest BCUT2D eigenvalue weighted by Gasteiger charge is -2.08. The van der Waals surface area contributed by atoms with E-state index < -0.39 is 33.8 Å². The molecule has 0 aliphatic heterocycles. The van der Waals surface area contributed by atoms with Crippen molar-refractivity contribution in [3.8, 4) is 5.69 Å². The predicted octanol–water partition coefficient (Wildman–Crippen LogP) is 1.64. The molecule has 0 spiro atoms. The number of rotatable bonds is 5. The molecule has 126 valence electrons. The summed E-state index contributed by atoms with van der Waals surface area (Å²) in [6, 6.07) is 3.06. The van der Waals surface area contributed by atoms with Crippen LogP contribution >= 0.6 is 0 Å². The van der Waals surface area contributed by atoms with E-state index in [-0.39, 0.29) is 21.8 Å². The van der Waals surface area contributed by atoms with E-state index in [1.807, 2.05) is 0 Å². The molecular weight excluding hydrogens is 337 g/mol. The zero-order chi connectivity index (χ0) is 17.4. The number of halogens is 3. The Morgan fingerprint density at radius 3 is 2.52 bits per heavy atom. The largest absolute Gasteiger partial charge is 0.355 e. The molecule has 0 saturated heterocycles. The molecule has 0 saturated carbocycles. The van der Waals surface area contributed by atoms with Gasteiger partial charge in [0, 0.05) is 0 Å². The number of nitrogens with zero attached hydrogens (tertiary/aromatic N) is 3. The van der Waals surface area contributed by atoms with Crippen molar-refractivity contribution in [3.05, 3.63) is 40.3 Å². The van der Waals surface area contributed by atoms with Gasteiger partial charge in [0.05, 0.1) is 11.4 Å². The molecule has 1 aromatic heterocycles. The van der Waals surface area contributed by atoms with Crippen LogP contribution in [-0.4, -0.2) is 28.5 Å². The summed E-state index contributed by atoms with van der Waals surface area (Å²) in [5.74, 6) is -1.42. The van der Waals surface area contributed by atoms with E-state index in [9.17, 15) is 26.4 Å². The fraction of sp³-hybridized carbons (Fsp3) is 0.333. The van der Waals surface area contributed by atoms with Crippen molar-refractivity contribution in [2.75, 3.05) is 10.5 Å². The first-order valence-electron chi connectivity index (χ1n) is 6.43. The summed E-state index contributed by atoms with van der Waals surface area (Å²) in [6.07, 6.45) is 0. The van der Waals surface area contributed by atoms with Gasteiger partial charge in [0.25, 0.3) is 0 Å². The number of aryl methyl sites for hydroxylation is 1. The third-order valence-electron chi connectivity index (χ3n) is 3.00. The van der Waals surface area contributed by atoms with Gasteiger partial charge in [0.15, 0.2) is 0 Å². The van der Waals surface area contributed by atoms with Gasteiger partial charge in [-0.1, -0.05) is 0 Å². The monoisotopic (exact) mass is 350 g/mol. The zero-order valence-electron chi connectivity index (χ0n) is 12.1. The lowest BCUT2D eigenvalue weighted by atomic mass is 10.3. The van der Waals surface area contributed by atoms with Crippen LogP contribution in [0.2, 0.25) is 0 Å². The first-order valence-corrected chi connectivity index (χ1v) is 8.08. The fourth-order valence-electron chi connectivity index (χ4n) is 1.85. The highest BCUT2D eigenvalue weighted by molar-refractivity contribution is 7.92. The Morgan fingerprint density at radius 1 is 1.35 bits per heavy atom. The molecule has 0 unspecified atom stereocenters. The molecule has 0 fully saturated rings. The van der Waals surface area contributed by atoms with E-state index in [0.717, 1.165) is 18.2 Å². The van der Waals surface area contributed by atoms with Gasteiger partial charge in [-0.25, -0.2) is 22.2 Å². The highest BCUT2D eigenvalue weighted by atomic mass is 32.2. The predicted molar refractivity (Wildman–Crippen MR) is 76.9 cm³/mol. The lowest BCUT2D eigenvalue weighted by Crippen LogP contribution is -2.25. The van der Waals surface area contributed by atoms with Crippen molar-refractivity contribution in [2.24, 2.45) is 0 Å². The molecule has 1 N–H and O–H groups in total. The van der Waals surface area contributed by atoms with E-state index >= 15 is 0 Å².